The van der Waals surface area contributed by atoms with E-state index in [-0.39, 0.29) is 0 Å². The summed E-state index contributed by atoms with van der Waals surface area (Å²) in [6.07, 6.45) is 1.44. The number of nitrogens with two attached hydrogens (primary N) is 1. The van der Waals surface area contributed by atoms with Crippen LogP contribution in [-0.2, 0) is 7.05 Å². The smallest absolute Gasteiger partial charge is 0.173 e. The van der Waals surface area contributed by atoms with E-state index in [4.69, 9.17) is 10.5 Å². The van der Waals surface area contributed by atoms with Crippen molar-refractivity contribution in [2.24, 2.45) is 7.05 Å². The average molecular weight is 261 g/mol. The summed E-state index contributed by atoms with van der Waals surface area (Å²) in [7, 11) is 3.48. The number of methoxy groups -OCH3 is 1. The average Bonchev–Trinajstić information content (AvgIpc) is 2.95. The highest BCUT2D eigenvalue weighted by Gasteiger charge is 2.16. The van der Waals surface area contributed by atoms with Crippen molar-refractivity contribution in [3.8, 4) is 16.3 Å². The quantitative estimate of drug-likeness (QED) is 0.759. The number of anilines is 1. The summed E-state index contributed by atoms with van der Waals surface area (Å²) < 4.78 is 6.89. The van der Waals surface area contributed by atoms with Crippen molar-refractivity contribution in [2.75, 3.05) is 12.8 Å². The summed E-state index contributed by atoms with van der Waals surface area (Å²) >= 11 is 1.51. The number of aryl methyl sites for hydroxylation is 1. The van der Waals surface area contributed by atoms with Gasteiger partial charge in [-0.2, -0.15) is 5.10 Å². The maximum absolute atomic E-state index is 5.91. The molecule has 7 heteroatoms. The van der Waals surface area contributed by atoms with Crippen LogP contribution < -0.4 is 10.5 Å². The molecule has 0 unspecified atom stereocenters. The normalized spacial score (nSPS) is 11.0. The molecule has 92 valence electrons. The fourth-order valence-electron chi connectivity index (χ4n) is 1.86. The fraction of sp³-hybridized carbons (Fsp3) is 0.182. The minimum atomic E-state index is 0.438. The van der Waals surface area contributed by atoms with Crippen molar-refractivity contribution in [2.45, 2.75) is 0 Å². The summed E-state index contributed by atoms with van der Waals surface area (Å²) in [5.74, 6) is 0.438. The molecule has 0 saturated heterocycles. The molecule has 3 rings (SSSR count). The van der Waals surface area contributed by atoms with E-state index in [9.17, 15) is 0 Å². The largest absolute Gasteiger partial charge is 0.487 e. The Balaban J connectivity index is 2.29. The number of rotatable bonds is 2. The van der Waals surface area contributed by atoms with Crippen LogP contribution in [-0.4, -0.2) is 26.9 Å². The van der Waals surface area contributed by atoms with Crippen LogP contribution >= 0.6 is 11.3 Å². The number of fused-ring (bicyclic) bond motifs is 1. The predicted molar refractivity (Wildman–Crippen MR) is 70.6 cm³/mol. The molecule has 3 aromatic heterocycles. The van der Waals surface area contributed by atoms with Crippen LogP contribution in [0.3, 0.4) is 0 Å². The van der Waals surface area contributed by atoms with Crippen molar-refractivity contribution in [1.29, 1.82) is 0 Å². The van der Waals surface area contributed by atoms with Gasteiger partial charge in [-0.25, -0.2) is 14.6 Å². The number of ether oxygens (including phenoxy) is 1. The molecule has 0 spiro atoms. The highest BCUT2D eigenvalue weighted by atomic mass is 32.1. The minimum absolute atomic E-state index is 0.438. The zero-order chi connectivity index (χ0) is 12.7. The molecule has 0 bridgehead atoms. The molecular weight excluding hydrogens is 250 g/mol. The standard InChI is InChI=1S/C11H11N5OS/c1-16-11-8(10(12)13-5-14-11)9(15-16)6-3-7(17-2)18-4-6/h3-5H,1-2H3,(H2,12,13,14). The van der Waals surface area contributed by atoms with Crippen LogP contribution in [0.15, 0.2) is 17.8 Å². The molecule has 0 atom stereocenters. The monoisotopic (exact) mass is 261 g/mol. The van der Waals surface area contributed by atoms with Gasteiger partial charge in [0.25, 0.3) is 0 Å². The second-order valence-corrected chi connectivity index (χ2v) is 4.66. The van der Waals surface area contributed by atoms with Crippen molar-refractivity contribution < 1.29 is 4.74 Å². The lowest BCUT2D eigenvalue weighted by molar-refractivity contribution is 0.427. The third-order valence-electron chi connectivity index (χ3n) is 2.70. The second kappa shape index (κ2) is 3.95. The van der Waals surface area contributed by atoms with E-state index in [1.54, 1.807) is 11.8 Å². The molecule has 2 N–H and O–H groups in total. The Hall–Kier alpha value is -2.15. The Bertz CT molecular complexity index is 717. The summed E-state index contributed by atoms with van der Waals surface area (Å²) in [6.45, 7) is 0. The lowest BCUT2D eigenvalue weighted by atomic mass is 10.2. The predicted octanol–water partition coefficient (Wildman–Crippen LogP) is 1.68. The van der Waals surface area contributed by atoms with Gasteiger partial charge in [0.1, 0.15) is 17.8 Å². The summed E-state index contributed by atoms with van der Waals surface area (Å²) in [5, 5.41) is 8.04. The first kappa shape index (κ1) is 11.0. The van der Waals surface area contributed by atoms with Crippen molar-refractivity contribution in [3.05, 3.63) is 17.8 Å². The molecule has 0 fully saturated rings. The van der Waals surface area contributed by atoms with E-state index in [2.05, 4.69) is 15.1 Å². The Morgan fingerprint density at radius 3 is 2.94 bits per heavy atom. The van der Waals surface area contributed by atoms with Gasteiger partial charge in [-0.05, 0) is 0 Å². The maximum atomic E-state index is 5.91. The molecule has 0 saturated carbocycles. The molecule has 0 aliphatic rings. The third kappa shape index (κ3) is 1.52. The van der Waals surface area contributed by atoms with Gasteiger partial charge in [-0.15, -0.1) is 11.3 Å². The Morgan fingerprint density at radius 1 is 1.39 bits per heavy atom. The Labute approximate surface area is 107 Å². The Morgan fingerprint density at radius 2 is 2.22 bits per heavy atom. The fourth-order valence-corrected chi connectivity index (χ4v) is 2.57. The van der Waals surface area contributed by atoms with Gasteiger partial charge in [-0.3, -0.25) is 0 Å². The summed E-state index contributed by atoms with van der Waals surface area (Å²) in [5.41, 5.74) is 8.38. The SMILES string of the molecule is COc1cc(-c2nn(C)c3ncnc(N)c23)cs1. The van der Waals surface area contributed by atoms with E-state index in [1.165, 1.54) is 17.7 Å². The van der Waals surface area contributed by atoms with Gasteiger partial charge >= 0.3 is 0 Å². The lowest BCUT2D eigenvalue weighted by Crippen LogP contribution is -1.95. The van der Waals surface area contributed by atoms with Crippen molar-refractivity contribution >= 4 is 28.2 Å². The van der Waals surface area contributed by atoms with Crippen LogP contribution in [0.2, 0.25) is 0 Å². The van der Waals surface area contributed by atoms with E-state index < -0.39 is 0 Å². The molecule has 0 aromatic carbocycles. The minimum Gasteiger partial charge on any atom is -0.487 e. The van der Waals surface area contributed by atoms with E-state index in [0.717, 1.165) is 27.4 Å². The van der Waals surface area contributed by atoms with Gasteiger partial charge in [0.05, 0.1) is 12.5 Å². The zero-order valence-corrected chi connectivity index (χ0v) is 10.7. The molecular formula is C11H11N5OS. The molecule has 3 heterocycles. The van der Waals surface area contributed by atoms with Gasteiger partial charge in [0.2, 0.25) is 0 Å². The molecule has 18 heavy (non-hydrogen) atoms. The number of nitrogens with zero attached hydrogens (tertiary/aromatic N) is 4. The van der Waals surface area contributed by atoms with Crippen LogP contribution in [0.1, 0.15) is 0 Å². The van der Waals surface area contributed by atoms with Gasteiger partial charge in [-0.1, -0.05) is 0 Å². The number of hydrogen-bond donors (Lipinski definition) is 1. The van der Waals surface area contributed by atoms with Gasteiger partial charge in [0, 0.05) is 24.1 Å². The van der Waals surface area contributed by atoms with Gasteiger partial charge in [0.15, 0.2) is 10.7 Å². The van der Waals surface area contributed by atoms with E-state index in [0.29, 0.717) is 5.82 Å². The van der Waals surface area contributed by atoms with E-state index in [1.807, 2.05) is 18.5 Å². The lowest BCUT2D eigenvalue weighted by Gasteiger charge is -1.96. The second-order valence-electron chi connectivity index (χ2n) is 3.79. The summed E-state index contributed by atoms with van der Waals surface area (Å²) in [4.78, 5) is 8.22. The van der Waals surface area contributed by atoms with Crippen molar-refractivity contribution in [3.63, 3.8) is 0 Å². The highest BCUT2D eigenvalue weighted by molar-refractivity contribution is 7.12. The molecule has 6 nitrogen and oxygen atoms in total. The number of hydrogen-bond acceptors (Lipinski definition) is 6. The topological polar surface area (TPSA) is 78.8 Å². The van der Waals surface area contributed by atoms with E-state index >= 15 is 0 Å². The molecule has 0 amide bonds. The third-order valence-corrected chi connectivity index (χ3v) is 3.59. The van der Waals surface area contributed by atoms with Crippen LogP contribution in [0.25, 0.3) is 22.3 Å². The summed E-state index contributed by atoms with van der Waals surface area (Å²) in [6, 6.07) is 1.93. The molecule has 3 aromatic rings. The Kier molecular flexibility index (Phi) is 2.41. The van der Waals surface area contributed by atoms with Crippen LogP contribution in [0.5, 0.6) is 5.06 Å². The first-order chi connectivity index (χ1) is 8.70. The molecule has 0 radical (unpaired) electrons. The van der Waals surface area contributed by atoms with Crippen LogP contribution in [0.4, 0.5) is 5.82 Å². The number of thiophene rings is 1. The molecule has 0 aliphatic carbocycles. The number of nitrogen functional groups attached to an aromatic ring is 1. The maximum Gasteiger partial charge on any atom is 0.173 e. The highest BCUT2D eigenvalue weighted by Crippen LogP contribution is 2.34. The first-order valence-electron chi connectivity index (χ1n) is 5.26. The van der Waals surface area contributed by atoms with Crippen molar-refractivity contribution in [1.82, 2.24) is 19.7 Å². The van der Waals surface area contributed by atoms with Crippen LogP contribution in [0, 0.1) is 0 Å². The van der Waals surface area contributed by atoms with Gasteiger partial charge < -0.3 is 10.5 Å². The molecule has 0 aliphatic heterocycles. The number of aromatic nitrogens is 4. The first-order valence-corrected chi connectivity index (χ1v) is 6.14. The zero-order valence-electron chi connectivity index (χ0n) is 9.91.